The summed E-state index contributed by atoms with van der Waals surface area (Å²) in [5, 5.41) is 0. The van der Waals surface area contributed by atoms with Crippen LogP contribution in [0, 0.1) is 5.82 Å². The van der Waals surface area contributed by atoms with E-state index in [0.717, 1.165) is 16.8 Å². The second-order valence-electron chi connectivity index (χ2n) is 7.11. The SMILES string of the molecule is C[C@H]1C(=O)N(c2ccccc2-c2ccccc2)CCN1Cc1ccccc1F. The quantitative estimate of drug-likeness (QED) is 0.659. The summed E-state index contributed by atoms with van der Waals surface area (Å²) in [4.78, 5) is 17.1. The van der Waals surface area contributed by atoms with Crippen LogP contribution in [0.5, 0.6) is 0 Å². The van der Waals surface area contributed by atoms with Gasteiger partial charge in [0.05, 0.1) is 11.7 Å². The van der Waals surface area contributed by atoms with Crippen molar-refractivity contribution in [2.75, 3.05) is 18.0 Å². The molecule has 3 nitrogen and oxygen atoms in total. The van der Waals surface area contributed by atoms with Gasteiger partial charge in [-0.05, 0) is 24.6 Å². The average molecular weight is 374 g/mol. The van der Waals surface area contributed by atoms with Crippen LogP contribution in [0.25, 0.3) is 11.1 Å². The molecule has 3 aromatic rings. The van der Waals surface area contributed by atoms with E-state index in [1.165, 1.54) is 6.07 Å². The van der Waals surface area contributed by atoms with E-state index in [0.29, 0.717) is 25.2 Å². The molecule has 0 radical (unpaired) electrons. The first-order chi connectivity index (χ1) is 13.6. The Kier molecular flexibility index (Phi) is 5.22. The van der Waals surface area contributed by atoms with Gasteiger partial charge in [0.15, 0.2) is 0 Å². The molecule has 0 bridgehead atoms. The van der Waals surface area contributed by atoms with Gasteiger partial charge < -0.3 is 4.90 Å². The summed E-state index contributed by atoms with van der Waals surface area (Å²) in [5.41, 5.74) is 3.69. The molecule has 0 unspecified atom stereocenters. The first-order valence-electron chi connectivity index (χ1n) is 9.58. The molecule has 1 fully saturated rings. The van der Waals surface area contributed by atoms with E-state index in [2.05, 4.69) is 12.1 Å². The van der Waals surface area contributed by atoms with Crippen molar-refractivity contribution in [3.63, 3.8) is 0 Å². The first kappa shape index (κ1) is 18.4. The lowest BCUT2D eigenvalue weighted by atomic mass is 10.0. The van der Waals surface area contributed by atoms with Gasteiger partial charge in [-0.15, -0.1) is 0 Å². The normalized spacial score (nSPS) is 17.7. The summed E-state index contributed by atoms with van der Waals surface area (Å²) in [5.74, 6) is -0.176. The van der Waals surface area contributed by atoms with Crippen molar-refractivity contribution in [3.8, 4) is 11.1 Å². The number of nitrogens with zero attached hydrogens (tertiary/aromatic N) is 2. The molecule has 0 spiro atoms. The molecule has 4 heteroatoms. The summed E-state index contributed by atoms with van der Waals surface area (Å²) in [6.45, 7) is 3.63. The minimum Gasteiger partial charge on any atom is -0.309 e. The molecule has 4 rings (SSSR count). The number of carbonyl (C=O) groups is 1. The van der Waals surface area contributed by atoms with Gasteiger partial charge in [-0.25, -0.2) is 4.39 Å². The molecule has 0 aliphatic carbocycles. The molecular formula is C24H23FN2O. The Hall–Kier alpha value is -2.98. The predicted octanol–water partition coefficient (Wildman–Crippen LogP) is 4.73. The number of benzene rings is 3. The zero-order chi connectivity index (χ0) is 19.5. The van der Waals surface area contributed by atoms with Crippen molar-refractivity contribution in [1.29, 1.82) is 0 Å². The Balaban J connectivity index is 1.58. The van der Waals surface area contributed by atoms with Crippen LogP contribution in [0.3, 0.4) is 0 Å². The van der Waals surface area contributed by atoms with Crippen molar-refractivity contribution < 1.29 is 9.18 Å². The highest BCUT2D eigenvalue weighted by Crippen LogP contribution is 2.32. The minimum absolute atomic E-state index is 0.0472. The number of halogens is 1. The van der Waals surface area contributed by atoms with Crippen LogP contribution in [-0.2, 0) is 11.3 Å². The van der Waals surface area contributed by atoms with E-state index in [1.807, 2.05) is 65.3 Å². The fraction of sp³-hybridized carbons (Fsp3) is 0.208. The molecule has 1 aliphatic rings. The van der Waals surface area contributed by atoms with Gasteiger partial charge >= 0.3 is 0 Å². The van der Waals surface area contributed by atoms with Crippen molar-refractivity contribution in [2.45, 2.75) is 19.5 Å². The van der Waals surface area contributed by atoms with Gasteiger partial charge in [0.2, 0.25) is 5.91 Å². The van der Waals surface area contributed by atoms with E-state index in [1.54, 1.807) is 12.1 Å². The molecule has 1 amide bonds. The highest BCUT2D eigenvalue weighted by atomic mass is 19.1. The molecule has 3 aromatic carbocycles. The van der Waals surface area contributed by atoms with Crippen LogP contribution in [0.15, 0.2) is 78.9 Å². The average Bonchev–Trinajstić information content (AvgIpc) is 2.74. The second kappa shape index (κ2) is 7.95. The lowest BCUT2D eigenvalue weighted by Crippen LogP contribution is -2.55. The van der Waals surface area contributed by atoms with Gasteiger partial charge in [0.1, 0.15) is 5.82 Å². The Morgan fingerprint density at radius 3 is 2.36 bits per heavy atom. The summed E-state index contributed by atoms with van der Waals surface area (Å²) in [7, 11) is 0. The standard InChI is InChI=1S/C24H23FN2O/c1-18-24(28)27(16-15-26(18)17-20-11-5-7-13-22(20)25)23-14-8-6-12-21(23)19-9-3-2-4-10-19/h2-14,18H,15-17H2,1H3/t18-/m0/s1. The summed E-state index contributed by atoms with van der Waals surface area (Å²) < 4.78 is 14.0. The maximum Gasteiger partial charge on any atom is 0.244 e. The third kappa shape index (κ3) is 3.56. The molecule has 0 saturated carbocycles. The van der Waals surface area contributed by atoms with Crippen LogP contribution in [-0.4, -0.2) is 29.9 Å². The van der Waals surface area contributed by atoms with E-state index in [4.69, 9.17) is 0 Å². The predicted molar refractivity (Wildman–Crippen MR) is 111 cm³/mol. The number of piperazine rings is 1. The highest BCUT2D eigenvalue weighted by molar-refractivity contribution is 6.01. The monoisotopic (exact) mass is 374 g/mol. The van der Waals surface area contributed by atoms with Gasteiger partial charge in [0.25, 0.3) is 0 Å². The van der Waals surface area contributed by atoms with E-state index in [-0.39, 0.29) is 17.8 Å². The Bertz CT molecular complexity index is 973. The number of hydrogen-bond acceptors (Lipinski definition) is 2. The summed E-state index contributed by atoms with van der Waals surface area (Å²) in [6, 6.07) is 24.6. The summed E-state index contributed by atoms with van der Waals surface area (Å²) >= 11 is 0. The number of amides is 1. The van der Waals surface area contributed by atoms with Crippen LogP contribution in [0.1, 0.15) is 12.5 Å². The van der Waals surface area contributed by atoms with Crippen molar-refractivity contribution in [1.82, 2.24) is 4.90 Å². The molecule has 1 aliphatic heterocycles. The number of carbonyl (C=O) groups excluding carboxylic acids is 1. The van der Waals surface area contributed by atoms with Gasteiger partial charge in [0, 0.05) is 30.8 Å². The maximum atomic E-state index is 14.0. The number of rotatable bonds is 4. The zero-order valence-electron chi connectivity index (χ0n) is 15.9. The van der Waals surface area contributed by atoms with Crippen LogP contribution >= 0.6 is 0 Å². The lowest BCUT2D eigenvalue weighted by molar-refractivity contribution is -0.125. The van der Waals surface area contributed by atoms with E-state index in [9.17, 15) is 9.18 Å². The van der Waals surface area contributed by atoms with Crippen molar-refractivity contribution in [2.24, 2.45) is 0 Å². The molecule has 0 aromatic heterocycles. The van der Waals surface area contributed by atoms with Crippen molar-refractivity contribution in [3.05, 3.63) is 90.2 Å². The molecule has 1 atom stereocenters. The molecular weight excluding hydrogens is 351 g/mol. The lowest BCUT2D eigenvalue weighted by Gasteiger charge is -2.39. The summed E-state index contributed by atoms with van der Waals surface area (Å²) in [6.07, 6.45) is 0. The van der Waals surface area contributed by atoms with Gasteiger partial charge in [-0.2, -0.15) is 0 Å². The molecule has 28 heavy (non-hydrogen) atoms. The number of para-hydroxylation sites is 1. The Morgan fingerprint density at radius 1 is 0.893 bits per heavy atom. The molecule has 0 N–H and O–H groups in total. The van der Waals surface area contributed by atoms with Crippen LogP contribution < -0.4 is 4.90 Å². The number of hydrogen-bond donors (Lipinski definition) is 0. The fourth-order valence-corrected chi connectivity index (χ4v) is 3.79. The third-order valence-corrected chi connectivity index (χ3v) is 5.39. The van der Waals surface area contributed by atoms with E-state index >= 15 is 0 Å². The Morgan fingerprint density at radius 2 is 1.57 bits per heavy atom. The third-order valence-electron chi connectivity index (χ3n) is 5.39. The second-order valence-corrected chi connectivity index (χ2v) is 7.11. The van der Waals surface area contributed by atoms with Crippen molar-refractivity contribution >= 4 is 11.6 Å². The van der Waals surface area contributed by atoms with Crippen LogP contribution in [0.4, 0.5) is 10.1 Å². The maximum absolute atomic E-state index is 14.0. The first-order valence-corrected chi connectivity index (χ1v) is 9.58. The van der Waals surface area contributed by atoms with Crippen LogP contribution in [0.2, 0.25) is 0 Å². The molecule has 142 valence electrons. The largest absolute Gasteiger partial charge is 0.309 e. The topological polar surface area (TPSA) is 23.6 Å². The zero-order valence-corrected chi connectivity index (χ0v) is 15.9. The Labute approximate surface area is 165 Å². The van der Waals surface area contributed by atoms with Gasteiger partial charge in [-0.1, -0.05) is 66.7 Å². The highest BCUT2D eigenvalue weighted by Gasteiger charge is 2.33. The molecule has 1 heterocycles. The van der Waals surface area contributed by atoms with E-state index < -0.39 is 0 Å². The minimum atomic E-state index is -0.308. The molecule has 1 saturated heterocycles. The van der Waals surface area contributed by atoms with Gasteiger partial charge in [-0.3, -0.25) is 9.69 Å². The smallest absolute Gasteiger partial charge is 0.244 e. The number of anilines is 1. The fourth-order valence-electron chi connectivity index (χ4n) is 3.79.